The van der Waals surface area contributed by atoms with Gasteiger partial charge in [-0.3, -0.25) is 28.8 Å². The second kappa shape index (κ2) is 18.5. The van der Waals surface area contributed by atoms with E-state index in [2.05, 4.69) is 13.2 Å². The fraction of sp³-hybridized carbons (Fsp3) is 0.310. The molecule has 12 heteroatoms. The van der Waals surface area contributed by atoms with Gasteiger partial charge >= 0.3 is 29.8 Å². The normalized spacial score (nSPS) is 19.3. The Labute approximate surface area is 312 Å². The van der Waals surface area contributed by atoms with E-state index in [9.17, 15) is 33.6 Å². The molecule has 0 heterocycles. The number of hydrogen-bond donors (Lipinski definition) is 0. The maximum absolute atomic E-state index is 13.0. The highest BCUT2D eigenvalue weighted by molar-refractivity contribution is 5.91. The van der Waals surface area contributed by atoms with Crippen molar-refractivity contribution in [3.8, 4) is 28.7 Å². The molecule has 0 amide bonds. The number of ketones is 1. The zero-order valence-electron chi connectivity index (χ0n) is 29.6. The van der Waals surface area contributed by atoms with Crippen molar-refractivity contribution in [1.29, 1.82) is 0 Å². The molecule has 2 saturated carbocycles. The summed E-state index contributed by atoms with van der Waals surface area (Å²) in [5.74, 6) is -3.20. The van der Waals surface area contributed by atoms with Crippen molar-refractivity contribution in [2.45, 2.75) is 57.8 Å². The van der Waals surface area contributed by atoms with Crippen molar-refractivity contribution >= 4 is 41.9 Å². The van der Waals surface area contributed by atoms with E-state index in [4.69, 9.17) is 23.7 Å². The lowest BCUT2D eigenvalue weighted by Gasteiger charge is -2.26. The molecular weight excluding hydrogens is 696 g/mol. The summed E-state index contributed by atoms with van der Waals surface area (Å²) in [4.78, 5) is 86.3. The molecule has 3 aromatic carbocycles. The largest absolute Gasteiger partial charge is 0.426 e. The fourth-order valence-corrected chi connectivity index (χ4v) is 6.38. The van der Waals surface area contributed by atoms with E-state index in [0.717, 1.165) is 11.6 Å². The average Bonchev–Trinajstić information content (AvgIpc) is 3.19. The molecule has 2 aliphatic carbocycles. The van der Waals surface area contributed by atoms with Crippen LogP contribution in [-0.4, -0.2) is 41.9 Å². The van der Waals surface area contributed by atoms with Crippen molar-refractivity contribution in [2.75, 3.05) is 0 Å². The standard InChI is InChI=1S/C42H40O12/c1-3-32(44)23-26-5-15-34(16-6-26)51-39(46)28-11-13-30(14-12-28)42(49)54-37-22-21-36(24-31(37)25-43)53-41(48)29-9-7-27(8-10-29)40(47)52-35-19-17-33(18-20-35)50-38(45)4-2/h3-6,15-22,24-25,27-30H,1-2,7-14,23H2/t27-,28-,29-,30-. The van der Waals surface area contributed by atoms with Crippen LogP contribution in [0.5, 0.6) is 28.7 Å². The third-order valence-corrected chi connectivity index (χ3v) is 9.50. The number of carbonyl (C=O) groups excluding carboxylic acids is 7. The lowest BCUT2D eigenvalue weighted by atomic mass is 9.82. The van der Waals surface area contributed by atoms with Crippen molar-refractivity contribution in [3.05, 3.63) is 103 Å². The van der Waals surface area contributed by atoms with Crippen LogP contribution in [0.15, 0.2) is 92.0 Å². The van der Waals surface area contributed by atoms with Crippen LogP contribution in [0.3, 0.4) is 0 Å². The van der Waals surface area contributed by atoms with Crippen LogP contribution in [-0.2, 0) is 35.2 Å². The topological polar surface area (TPSA) is 166 Å². The van der Waals surface area contributed by atoms with Crippen LogP contribution in [0.25, 0.3) is 0 Å². The van der Waals surface area contributed by atoms with Crippen LogP contribution >= 0.6 is 0 Å². The predicted molar refractivity (Wildman–Crippen MR) is 193 cm³/mol. The van der Waals surface area contributed by atoms with Gasteiger partial charge in [-0.25, -0.2) is 4.79 Å². The van der Waals surface area contributed by atoms with E-state index in [1.165, 1.54) is 48.5 Å². The van der Waals surface area contributed by atoms with Crippen molar-refractivity contribution < 1.29 is 57.2 Å². The zero-order chi connectivity index (χ0) is 38.6. The average molecular weight is 737 g/mol. The van der Waals surface area contributed by atoms with E-state index in [1.54, 1.807) is 24.3 Å². The number of hydrogen-bond acceptors (Lipinski definition) is 12. The summed E-state index contributed by atoms with van der Waals surface area (Å²) in [7, 11) is 0. The molecule has 0 spiro atoms. The lowest BCUT2D eigenvalue weighted by Crippen LogP contribution is -2.30. The SMILES string of the molecule is C=CC(=O)Cc1ccc(OC(=O)[C@H]2CC[C@H](C(=O)Oc3ccc(OC(=O)[C@H]4CC[C@H](C(=O)Oc5ccc(OC(=O)C=C)cc5)CC4)cc3C=O)CC2)cc1. The quantitative estimate of drug-likeness (QED) is 0.0762. The Bertz CT molecular complexity index is 1890. The van der Waals surface area contributed by atoms with Gasteiger partial charge in [0, 0.05) is 12.5 Å². The molecule has 0 unspecified atom stereocenters. The van der Waals surface area contributed by atoms with Crippen LogP contribution in [0, 0.1) is 23.7 Å². The van der Waals surface area contributed by atoms with Gasteiger partial charge in [0.05, 0.1) is 29.2 Å². The Balaban J connectivity index is 1.05. The van der Waals surface area contributed by atoms with Gasteiger partial charge in [-0.05, 0) is 118 Å². The Hall–Kier alpha value is -6.17. The minimum absolute atomic E-state index is 0.0287. The predicted octanol–water partition coefficient (Wildman–Crippen LogP) is 6.52. The summed E-state index contributed by atoms with van der Waals surface area (Å²) >= 11 is 0. The van der Waals surface area contributed by atoms with Gasteiger partial charge < -0.3 is 23.7 Å². The van der Waals surface area contributed by atoms with Gasteiger partial charge in [0.1, 0.15) is 28.7 Å². The zero-order valence-corrected chi connectivity index (χ0v) is 29.6. The third-order valence-electron chi connectivity index (χ3n) is 9.50. The molecule has 0 radical (unpaired) electrons. The first-order valence-corrected chi connectivity index (χ1v) is 17.7. The number of allylic oxidation sites excluding steroid dienone is 1. The summed E-state index contributed by atoms with van der Waals surface area (Å²) in [5.41, 5.74) is 0.811. The summed E-state index contributed by atoms with van der Waals surface area (Å²) in [6.45, 7) is 6.80. The second-order valence-electron chi connectivity index (χ2n) is 13.2. The Morgan fingerprint density at radius 3 is 1.33 bits per heavy atom. The number of carbonyl (C=O) groups is 7. The molecule has 280 valence electrons. The Morgan fingerprint density at radius 2 is 0.907 bits per heavy atom. The molecule has 12 nitrogen and oxygen atoms in total. The first kappa shape index (κ1) is 39.0. The van der Waals surface area contributed by atoms with Gasteiger partial charge in [0.2, 0.25) is 0 Å². The first-order chi connectivity index (χ1) is 26.0. The summed E-state index contributed by atoms with van der Waals surface area (Å²) < 4.78 is 27.1. The smallest absolute Gasteiger partial charge is 0.335 e. The number of benzene rings is 3. The van der Waals surface area contributed by atoms with Gasteiger partial charge in [-0.2, -0.15) is 0 Å². The summed E-state index contributed by atoms with van der Waals surface area (Å²) in [6.07, 6.45) is 6.30. The van der Waals surface area contributed by atoms with Gasteiger partial charge in [0.15, 0.2) is 12.1 Å². The van der Waals surface area contributed by atoms with Crippen LogP contribution in [0.4, 0.5) is 0 Å². The number of aldehydes is 1. The highest BCUT2D eigenvalue weighted by Crippen LogP contribution is 2.34. The maximum atomic E-state index is 13.0. The summed E-state index contributed by atoms with van der Waals surface area (Å²) in [5, 5.41) is 0. The highest BCUT2D eigenvalue weighted by atomic mass is 16.6. The van der Waals surface area contributed by atoms with E-state index < -0.39 is 47.6 Å². The van der Waals surface area contributed by atoms with Crippen molar-refractivity contribution in [1.82, 2.24) is 0 Å². The van der Waals surface area contributed by atoms with E-state index in [1.807, 2.05) is 0 Å². The maximum Gasteiger partial charge on any atom is 0.335 e. The minimum atomic E-state index is -0.605. The second-order valence-corrected chi connectivity index (χ2v) is 13.2. The third kappa shape index (κ3) is 10.7. The van der Waals surface area contributed by atoms with E-state index in [0.29, 0.717) is 69.2 Å². The molecule has 0 saturated heterocycles. The molecule has 3 aromatic rings. The molecule has 0 N–H and O–H groups in total. The monoisotopic (exact) mass is 736 g/mol. The number of esters is 5. The molecule has 5 rings (SSSR count). The minimum Gasteiger partial charge on any atom is -0.426 e. The summed E-state index contributed by atoms with van der Waals surface area (Å²) in [6, 6.07) is 16.9. The fourth-order valence-electron chi connectivity index (χ4n) is 6.38. The number of rotatable bonds is 14. The van der Waals surface area contributed by atoms with Crippen molar-refractivity contribution in [2.24, 2.45) is 23.7 Å². The number of ether oxygens (including phenoxy) is 5. The lowest BCUT2D eigenvalue weighted by molar-refractivity contribution is -0.145. The Kier molecular flexibility index (Phi) is 13.4. The first-order valence-electron chi connectivity index (χ1n) is 17.7. The van der Waals surface area contributed by atoms with Crippen LogP contribution < -0.4 is 23.7 Å². The van der Waals surface area contributed by atoms with Gasteiger partial charge in [-0.1, -0.05) is 25.3 Å². The molecular formula is C42H40O12. The van der Waals surface area contributed by atoms with Crippen LogP contribution in [0.2, 0.25) is 0 Å². The molecule has 2 fully saturated rings. The molecule has 54 heavy (non-hydrogen) atoms. The molecule has 0 atom stereocenters. The van der Waals surface area contributed by atoms with Gasteiger partial charge in [0.25, 0.3) is 0 Å². The van der Waals surface area contributed by atoms with E-state index >= 15 is 0 Å². The Morgan fingerprint density at radius 1 is 0.519 bits per heavy atom. The van der Waals surface area contributed by atoms with Crippen molar-refractivity contribution in [3.63, 3.8) is 0 Å². The molecule has 0 aromatic heterocycles. The highest BCUT2D eigenvalue weighted by Gasteiger charge is 2.34. The molecule has 0 bridgehead atoms. The molecule has 0 aliphatic heterocycles. The van der Waals surface area contributed by atoms with Crippen LogP contribution in [0.1, 0.15) is 67.3 Å². The van der Waals surface area contributed by atoms with E-state index in [-0.39, 0.29) is 40.9 Å². The molecule has 2 aliphatic rings. The van der Waals surface area contributed by atoms with Gasteiger partial charge in [-0.15, -0.1) is 0 Å².